The Bertz CT molecular complexity index is 1100. The van der Waals surface area contributed by atoms with Gasteiger partial charge in [0.2, 0.25) is 5.91 Å². The van der Waals surface area contributed by atoms with Crippen LogP contribution in [-0.2, 0) is 24.2 Å². The van der Waals surface area contributed by atoms with Crippen molar-refractivity contribution in [3.05, 3.63) is 70.4 Å². The third-order valence-corrected chi connectivity index (χ3v) is 6.53. The van der Waals surface area contributed by atoms with Gasteiger partial charge in [0.1, 0.15) is 10.8 Å². The maximum Gasteiger partial charge on any atom is 0.259 e. The van der Waals surface area contributed by atoms with Gasteiger partial charge in [0, 0.05) is 17.6 Å². The molecule has 0 saturated heterocycles. The molecule has 3 N–H and O–H groups in total. The van der Waals surface area contributed by atoms with Gasteiger partial charge in [0.25, 0.3) is 5.91 Å². The molecule has 0 saturated carbocycles. The fraction of sp³-hybridized carbons (Fsp3) is 0.292. The molecule has 0 unspecified atom stereocenters. The van der Waals surface area contributed by atoms with Gasteiger partial charge in [-0.25, -0.2) is 0 Å². The quantitative estimate of drug-likeness (QED) is 0.482. The lowest BCUT2D eigenvalue weighted by Gasteiger charge is -2.14. The summed E-state index contributed by atoms with van der Waals surface area (Å²) in [4.78, 5) is 31.3. The number of pyridine rings is 1. The molecule has 8 heteroatoms. The van der Waals surface area contributed by atoms with E-state index in [0.717, 1.165) is 36.9 Å². The molecule has 32 heavy (non-hydrogen) atoms. The van der Waals surface area contributed by atoms with E-state index in [1.54, 1.807) is 25.4 Å². The van der Waals surface area contributed by atoms with E-state index in [1.165, 1.54) is 16.2 Å². The largest absolute Gasteiger partial charge is 0.495 e. The summed E-state index contributed by atoms with van der Waals surface area (Å²) < 4.78 is 5.36. The Morgan fingerprint density at radius 3 is 2.69 bits per heavy atom. The zero-order valence-electron chi connectivity index (χ0n) is 17.9. The summed E-state index contributed by atoms with van der Waals surface area (Å²) in [7, 11) is 1.57. The number of fused-ring (bicyclic) bond motifs is 1. The van der Waals surface area contributed by atoms with E-state index in [-0.39, 0.29) is 18.4 Å². The van der Waals surface area contributed by atoms with Crippen LogP contribution in [0.4, 0.5) is 10.7 Å². The molecule has 0 atom stereocenters. The Morgan fingerprint density at radius 2 is 1.88 bits per heavy atom. The van der Waals surface area contributed by atoms with Gasteiger partial charge in [0.05, 0.1) is 30.6 Å². The lowest BCUT2D eigenvalue weighted by Crippen LogP contribution is -2.28. The molecule has 4 rings (SSSR count). The molecule has 2 amide bonds. The molecule has 1 aliphatic rings. The van der Waals surface area contributed by atoms with E-state index in [0.29, 0.717) is 28.5 Å². The first kappa shape index (κ1) is 22.0. The van der Waals surface area contributed by atoms with Gasteiger partial charge in [0.15, 0.2) is 0 Å². The second kappa shape index (κ2) is 10.4. The third kappa shape index (κ3) is 5.15. The van der Waals surface area contributed by atoms with Crippen LogP contribution in [0.2, 0.25) is 0 Å². The molecule has 7 nitrogen and oxygen atoms in total. The van der Waals surface area contributed by atoms with E-state index < -0.39 is 0 Å². The van der Waals surface area contributed by atoms with E-state index in [9.17, 15) is 9.59 Å². The van der Waals surface area contributed by atoms with Crippen molar-refractivity contribution < 1.29 is 14.3 Å². The average molecular weight is 451 g/mol. The smallest absolute Gasteiger partial charge is 0.259 e. The van der Waals surface area contributed by atoms with E-state index in [1.807, 2.05) is 30.3 Å². The zero-order valence-corrected chi connectivity index (χ0v) is 18.8. The highest BCUT2D eigenvalue weighted by Crippen LogP contribution is 2.39. The van der Waals surface area contributed by atoms with Crippen LogP contribution in [-0.4, -0.2) is 30.5 Å². The number of hydrogen-bond donors (Lipinski definition) is 3. The second-order valence-corrected chi connectivity index (χ2v) is 8.65. The number of carbonyl (C=O) groups excluding carboxylic acids is 2. The highest BCUT2D eigenvalue weighted by Gasteiger charge is 2.26. The van der Waals surface area contributed by atoms with Crippen LogP contribution >= 0.6 is 11.3 Å². The van der Waals surface area contributed by atoms with Crippen molar-refractivity contribution in [2.24, 2.45) is 0 Å². The lowest BCUT2D eigenvalue weighted by molar-refractivity contribution is -0.115. The molecule has 0 radical (unpaired) electrons. The number of para-hydroxylation sites is 2. The molecule has 0 fully saturated rings. The Balaban J connectivity index is 1.49. The Morgan fingerprint density at radius 1 is 1.06 bits per heavy atom. The molecule has 0 aliphatic heterocycles. The maximum absolute atomic E-state index is 13.3. The fourth-order valence-electron chi connectivity index (χ4n) is 3.80. The summed E-state index contributed by atoms with van der Waals surface area (Å²) in [5, 5.41) is 9.62. The van der Waals surface area contributed by atoms with Crippen molar-refractivity contribution in [3.8, 4) is 5.75 Å². The Labute approximate surface area is 191 Å². The number of thiophene rings is 1. The third-order valence-electron chi connectivity index (χ3n) is 5.32. The molecule has 1 aromatic carbocycles. The van der Waals surface area contributed by atoms with Gasteiger partial charge < -0.3 is 20.7 Å². The molecule has 0 bridgehead atoms. The summed E-state index contributed by atoms with van der Waals surface area (Å²) in [5.74, 6) is 0.172. The van der Waals surface area contributed by atoms with Gasteiger partial charge in [-0.3, -0.25) is 14.6 Å². The molecule has 0 spiro atoms. The van der Waals surface area contributed by atoms with Crippen LogP contribution in [0.25, 0.3) is 0 Å². The first-order valence-corrected chi connectivity index (χ1v) is 11.5. The highest BCUT2D eigenvalue weighted by molar-refractivity contribution is 7.17. The number of methoxy groups -OCH3 is 1. The average Bonchev–Trinajstić information content (AvgIpc) is 3.18. The van der Waals surface area contributed by atoms with Crippen LogP contribution in [0.5, 0.6) is 5.75 Å². The second-order valence-electron chi connectivity index (χ2n) is 7.54. The lowest BCUT2D eigenvalue weighted by atomic mass is 9.95. The van der Waals surface area contributed by atoms with Crippen LogP contribution in [0.15, 0.2) is 48.7 Å². The van der Waals surface area contributed by atoms with Crippen LogP contribution in [0, 0.1) is 0 Å². The number of hydrogen-bond acceptors (Lipinski definition) is 6. The monoisotopic (exact) mass is 450 g/mol. The van der Waals surface area contributed by atoms with Gasteiger partial charge in [-0.15, -0.1) is 11.3 Å². The Kier molecular flexibility index (Phi) is 7.14. The number of anilines is 2. The zero-order chi connectivity index (χ0) is 22.3. The van der Waals surface area contributed by atoms with E-state index in [4.69, 9.17) is 4.74 Å². The molecule has 3 aromatic rings. The number of rotatable bonds is 8. The minimum absolute atomic E-state index is 0.132. The first-order valence-electron chi connectivity index (χ1n) is 10.6. The van der Waals surface area contributed by atoms with Crippen LogP contribution in [0.3, 0.4) is 0 Å². The number of amides is 2. The first-order chi connectivity index (χ1) is 15.7. The molecular weight excluding hydrogens is 424 g/mol. The van der Waals surface area contributed by atoms with Crippen molar-refractivity contribution in [3.63, 3.8) is 0 Å². The Hall–Kier alpha value is -3.23. The number of aryl methyl sites for hydroxylation is 1. The molecule has 166 valence electrons. The highest BCUT2D eigenvalue weighted by atomic mass is 32.1. The van der Waals surface area contributed by atoms with Crippen molar-refractivity contribution in [1.82, 2.24) is 10.3 Å². The van der Waals surface area contributed by atoms with Gasteiger partial charge in [-0.2, -0.15) is 0 Å². The van der Waals surface area contributed by atoms with Crippen molar-refractivity contribution in [2.45, 2.75) is 32.2 Å². The number of ether oxygens (including phenoxy) is 1. The summed E-state index contributed by atoms with van der Waals surface area (Å²) in [6, 6.07) is 13.0. The predicted octanol–water partition coefficient (Wildman–Crippen LogP) is 4.01. The van der Waals surface area contributed by atoms with Crippen molar-refractivity contribution in [1.29, 1.82) is 0 Å². The van der Waals surface area contributed by atoms with Crippen molar-refractivity contribution in [2.75, 3.05) is 24.3 Å². The summed E-state index contributed by atoms with van der Waals surface area (Å²) >= 11 is 1.50. The molecule has 2 heterocycles. The van der Waals surface area contributed by atoms with Gasteiger partial charge in [-0.05, 0) is 55.5 Å². The predicted molar refractivity (Wildman–Crippen MR) is 126 cm³/mol. The topological polar surface area (TPSA) is 92.4 Å². The molecule has 1 aliphatic carbocycles. The summed E-state index contributed by atoms with van der Waals surface area (Å²) in [6.07, 6.45) is 5.63. The number of aromatic nitrogens is 1. The van der Waals surface area contributed by atoms with Crippen LogP contribution in [0.1, 0.15) is 39.3 Å². The number of benzene rings is 1. The molecule has 2 aromatic heterocycles. The van der Waals surface area contributed by atoms with Gasteiger partial charge >= 0.3 is 0 Å². The van der Waals surface area contributed by atoms with E-state index >= 15 is 0 Å². The summed E-state index contributed by atoms with van der Waals surface area (Å²) in [6.45, 7) is 0.628. The standard InChI is InChI=1S/C24H26N4O3S/c1-31-19-11-4-3-10-18(19)27-23(30)22-17-9-2-5-12-20(17)32-24(22)28-21(29)15-25-14-16-8-6-7-13-26-16/h3-4,6-8,10-11,13,25H,2,5,9,12,14-15H2,1H3,(H,27,30)(H,28,29). The number of carbonyl (C=O) groups is 2. The fourth-order valence-corrected chi connectivity index (χ4v) is 5.11. The number of nitrogens with one attached hydrogen (secondary N) is 3. The summed E-state index contributed by atoms with van der Waals surface area (Å²) in [5.41, 5.74) is 3.08. The van der Waals surface area contributed by atoms with Crippen LogP contribution < -0.4 is 20.7 Å². The normalized spacial score (nSPS) is 12.7. The van der Waals surface area contributed by atoms with Gasteiger partial charge in [-0.1, -0.05) is 18.2 Å². The SMILES string of the molecule is COc1ccccc1NC(=O)c1c(NC(=O)CNCc2ccccn2)sc2c1CCCC2. The number of nitrogens with zero attached hydrogens (tertiary/aromatic N) is 1. The maximum atomic E-state index is 13.3. The minimum Gasteiger partial charge on any atom is -0.495 e. The van der Waals surface area contributed by atoms with Crippen molar-refractivity contribution >= 4 is 33.8 Å². The minimum atomic E-state index is -0.231. The van der Waals surface area contributed by atoms with E-state index in [2.05, 4.69) is 20.9 Å². The molecular formula is C24H26N4O3S.